The highest BCUT2D eigenvalue weighted by Crippen LogP contribution is 2.32. The van der Waals surface area contributed by atoms with Gasteiger partial charge in [0.25, 0.3) is 11.6 Å². The lowest BCUT2D eigenvalue weighted by Crippen LogP contribution is -2.31. The highest BCUT2D eigenvalue weighted by molar-refractivity contribution is 8.26. The Morgan fingerprint density at radius 2 is 1.86 bits per heavy atom. The summed E-state index contributed by atoms with van der Waals surface area (Å²) in [4.78, 5) is 36.8. The van der Waals surface area contributed by atoms with E-state index in [9.17, 15) is 19.7 Å². The van der Waals surface area contributed by atoms with Crippen molar-refractivity contribution in [3.05, 3.63) is 74.7 Å². The zero-order valence-electron chi connectivity index (χ0n) is 15.5. The lowest BCUT2D eigenvalue weighted by atomic mass is 10.2. The molecule has 0 radical (unpaired) electrons. The molecule has 2 aromatic carbocycles. The predicted octanol–water partition coefficient (Wildman–Crippen LogP) is 4.13. The van der Waals surface area contributed by atoms with Crippen LogP contribution in [0, 0.1) is 17.0 Å². The average molecular weight is 428 g/mol. The molecule has 148 valence electrons. The normalized spacial score (nSPS) is 15.1. The second-order valence-corrected chi connectivity index (χ2v) is 8.02. The molecule has 7 nitrogen and oxygen atoms in total. The molecule has 0 aliphatic carbocycles. The highest BCUT2D eigenvalue weighted by Gasteiger charge is 2.32. The van der Waals surface area contributed by atoms with Gasteiger partial charge in [0.05, 0.1) is 9.83 Å². The Balaban J connectivity index is 1.60. The Morgan fingerprint density at radius 3 is 2.48 bits per heavy atom. The van der Waals surface area contributed by atoms with Crippen LogP contribution in [-0.2, 0) is 9.59 Å². The van der Waals surface area contributed by atoms with E-state index in [1.165, 1.54) is 17.0 Å². The van der Waals surface area contributed by atoms with Crippen LogP contribution in [0.1, 0.15) is 17.5 Å². The molecule has 1 aliphatic heterocycles. The van der Waals surface area contributed by atoms with Gasteiger partial charge in [0.15, 0.2) is 0 Å². The third-order valence-corrected chi connectivity index (χ3v) is 5.55. The van der Waals surface area contributed by atoms with E-state index < -0.39 is 4.92 Å². The molecule has 0 unspecified atom stereocenters. The summed E-state index contributed by atoms with van der Waals surface area (Å²) in [5, 5.41) is 13.5. The molecular weight excluding hydrogens is 410 g/mol. The molecule has 1 N–H and O–H groups in total. The molecule has 1 saturated heterocycles. The first-order chi connectivity index (χ1) is 13.8. The number of carbonyl (C=O) groups is 2. The number of non-ortho nitro benzene ring substituents is 1. The van der Waals surface area contributed by atoms with E-state index in [1.54, 1.807) is 18.2 Å². The van der Waals surface area contributed by atoms with Gasteiger partial charge in [-0.05, 0) is 42.8 Å². The topological polar surface area (TPSA) is 92.6 Å². The summed E-state index contributed by atoms with van der Waals surface area (Å²) < 4.78 is 0.381. The maximum atomic E-state index is 12.6. The first kappa shape index (κ1) is 20.7. The number of nitro benzene ring substituents is 1. The van der Waals surface area contributed by atoms with Crippen molar-refractivity contribution < 1.29 is 14.5 Å². The Hall–Kier alpha value is -3.04. The van der Waals surface area contributed by atoms with Gasteiger partial charge in [-0.25, -0.2) is 0 Å². The van der Waals surface area contributed by atoms with E-state index in [0.29, 0.717) is 20.5 Å². The lowest BCUT2D eigenvalue weighted by molar-refractivity contribution is -0.384. The Morgan fingerprint density at radius 1 is 1.21 bits per heavy atom. The van der Waals surface area contributed by atoms with Gasteiger partial charge in [-0.2, -0.15) is 0 Å². The zero-order valence-corrected chi connectivity index (χ0v) is 17.1. The molecule has 0 bridgehead atoms. The van der Waals surface area contributed by atoms with E-state index in [0.717, 1.165) is 17.3 Å². The number of thiocarbonyl (C=S) groups is 1. The Kier molecular flexibility index (Phi) is 6.40. The van der Waals surface area contributed by atoms with Crippen molar-refractivity contribution in [3.8, 4) is 0 Å². The summed E-state index contributed by atoms with van der Waals surface area (Å²) in [7, 11) is 0. The maximum Gasteiger partial charge on any atom is 0.269 e. The number of nitro groups is 1. The monoisotopic (exact) mass is 427 g/mol. The van der Waals surface area contributed by atoms with Crippen molar-refractivity contribution >= 4 is 57.6 Å². The molecule has 0 atom stereocenters. The number of nitrogens with one attached hydrogen (secondary N) is 1. The third kappa shape index (κ3) is 5.27. The Bertz CT molecular complexity index is 1000. The Labute approximate surface area is 176 Å². The molecule has 3 rings (SSSR count). The van der Waals surface area contributed by atoms with Crippen LogP contribution in [-0.4, -0.2) is 32.5 Å². The van der Waals surface area contributed by atoms with Gasteiger partial charge in [-0.15, -0.1) is 0 Å². The lowest BCUT2D eigenvalue weighted by Gasteiger charge is -2.14. The fourth-order valence-corrected chi connectivity index (χ4v) is 3.92. The molecule has 1 fully saturated rings. The summed E-state index contributed by atoms with van der Waals surface area (Å²) >= 11 is 6.42. The van der Waals surface area contributed by atoms with Gasteiger partial charge >= 0.3 is 0 Å². The maximum absolute atomic E-state index is 12.6. The van der Waals surface area contributed by atoms with E-state index in [1.807, 2.05) is 31.2 Å². The van der Waals surface area contributed by atoms with E-state index in [2.05, 4.69) is 5.32 Å². The summed E-state index contributed by atoms with van der Waals surface area (Å²) in [5.41, 5.74) is 2.44. The van der Waals surface area contributed by atoms with Crippen molar-refractivity contribution in [1.29, 1.82) is 0 Å². The van der Waals surface area contributed by atoms with Gasteiger partial charge in [-0.1, -0.05) is 41.7 Å². The number of carbonyl (C=O) groups excluding carboxylic acids is 2. The number of hydrogen-bond acceptors (Lipinski definition) is 6. The number of thioether (sulfide) groups is 1. The zero-order chi connectivity index (χ0) is 21.0. The fraction of sp³-hybridized carbons (Fsp3) is 0.150. The smallest absolute Gasteiger partial charge is 0.269 e. The molecule has 2 aromatic rings. The minimum Gasteiger partial charge on any atom is -0.326 e. The molecule has 0 saturated carbocycles. The molecule has 0 spiro atoms. The van der Waals surface area contributed by atoms with Crippen LogP contribution in [0.25, 0.3) is 6.08 Å². The summed E-state index contributed by atoms with van der Waals surface area (Å²) in [5.74, 6) is -0.483. The minimum absolute atomic E-state index is 0.0192. The molecular formula is C20H17N3O4S2. The van der Waals surface area contributed by atoms with E-state index >= 15 is 0 Å². The van der Waals surface area contributed by atoms with Gasteiger partial charge in [0.1, 0.15) is 4.32 Å². The average Bonchev–Trinajstić information content (AvgIpc) is 2.95. The molecule has 29 heavy (non-hydrogen) atoms. The standard InChI is InChI=1S/C20H17N3O4S2/c1-13-2-6-15(7-3-13)21-18(24)10-11-22-19(25)17(29-20(22)28)12-14-4-8-16(9-5-14)23(26)27/h2-9,12H,10-11H2,1H3,(H,21,24)/b17-12-. The van der Waals surface area contributed by atoms with Crippen molar-refractivity contribution in [2.24, 2.45) is 0 Å². The van der Waals surface area contributed by atoms with Crippen LogP contribution in [0.4, 0.5) is 11.4 Å². The minimum atomic E-state index is -0.481. The van der Waals surface area contributed by atoms with Gasteiger partial charge in [0.2, 0.25) is 5.91 Å². The predicted molar refractivity (Wildman–Crippen MR) is 117 cm³/mol. The SMILES string of the molecule is Cc1ccc(NC(=O)CCN2C(=O)/C(=C/c3ccc([N+](=O)[O-])cc3)SC2=S)cc1. The number of anilines is 1. The molecule has 2 amide bonds. The van der Waals surface area contributed by atoms with Crippen LogP contribution in [0.5, 0.6) is 0 Å². The first-order valence-electron chi connectivity index (χ1n) is 8.70. The summed E-state index contributed by atoms with van der Waals surface area (Å²) in [6.07, 6.45) is 1.75. The number of hydrogen-bond donors (Lipinski definition) is 1. The van der Waals surface area contributed by atoms with Crippen LogP contribution >= 0.6 is 24.0 Å². The third-order valence-electron chi connectivity index (χ3n) is 4.17. The number of amides is 2. The van der Waals surface area contributed by atoms with Crippen LogP contribution < -0.4 is 5.32 Å². The number of aryl methyl sites for hydroxylation is 1. The highest BCUT2D eigenvalue weighted by atomic mass is 32.2. The van der Waals surface area contributed by atoms with Gasteiger partial charge in [-0.3, -0.25) is 24.6 Å². The molecule has 1 heterocycles. The quantitative estimate of drug-likeness (QED) is 0.322. The van der Waals surface area contributed by atoms with Crippen LogP contribution in [0.2, 0.25) is 0 Å². The summed E-state index contributed by atoms with van der Waals surface area (Å²) in [6.45, 7) is 2.14. The summed E-state index contributed by atoms with van der Waals surface area (Å²) in [6, 6.07) is 13.3. The second kappa shape index (κ2) is 8.97. The molecule has 0 aromatic heterocycles. The first-order valence-corrected chi connectivity index (χ1v) is 9.92. The van der Waals surface area contributed by atoms with Crippen molar-refractivity contribution in [1.82, 2.24) is 4.90 Å². The number of rotatable bonds is 6. The molecule has 1 aliphatic rings. The second-order valence-electron chi connectivity index (χ2n) is 6.35. The van der Waals surface area contributed by atoms with Gasteiger partial charge in [0, 0.05) is 30.8 Å². The fourth-order valence-electron chi connectivity index (χ4n) is 2.61. The number of nitrogens with zero attached hydrogens (tertiary/aromatic N) is 2. The van der Waals surface area contributed by atoms with Crippen molar-refractivity contribution in [3.63, 3.8) is 0 Å². The number of benzene rings is 2. The largest absolute Gasteiger partial charge is 0.326 e. The van der Waals surface area contributed by atoms with Crippen molar-refractivity contribution in [2.75, 3.05) is 11.9 Å². The van der Waals surface area contributed by atoms with E-state index in [-0.39, 0.29) is 30.5 Å². The van der Waals surface area contributed by atoms with Gasteiger partial charge < -0.3 is 5.32 Å². The molecule has 9 heteroatoms. The van der Waals surface area contributed by atoms with Crippen molar-refractivity contribution in [2.45, 2.75) is 13.3 Å². The van der Waals surface area contributed by atoms with Crippen LogP contribution in [0.15, 0.2) is 53.4 Å². The van der Waals surface area contributed by atoms with E-state index in [4.69, 9.17) is 12.2 Å². The van der Waals surface area contributed by atoms with Crippen LogP contribution in [0.3, 0.4) is 0 Å².